The Morgan fingerprint density at radius 3 is 2.49 bits per heavy atom. The number of alkyl halides is 3. The van der Waals surface area contributed by atoms with Crippen molar-refractivity contribution in [3.05, 3.63) is 94.0 Å². The lowest BCUT2D eigenvalue weighted by Gasteiger charge is -2.23. The maximum absolute atomic E-state index is 13.8. The predicted octanol–water partition coefficient (Wildman–Crippen LogP) is 5.11. The van der Waals surface area contributed by atoms with Crippen molar-refractivity contribution in [3.63, 3.8) is 0 Å². The largest absolute Gasteiger partial charge is 0.416 e. The average molecular weight is 537 g/mol. The summed E-state index contributed by atoms with van der Waals surface area (Å²) in [5.74, 6) is 0. The summed E-state index contributed by atoms with van der Waals surface area (Å²) in [4.78, 5) is 30.7. The molecular formula is C27H23F3N6O3. The number of benzene rings is 2. The number of nitrogens with zero attached hydrogens (tertiary/aromatic N) is 5. The van der Waals surface area contributed by atoms with E-state index in [1.165, 1.54) is 23.0 Å². The lowest BCUT2D eigenvalue weighted by molar-refractivity contribution is -0.137. The molecule has 1 aliphatic heterocycles. The van der Waals surface area contributed by atoms with E-state index in [9.17, 15) is 22.8 Å². The van der Waals surface area contributed by atoms with Gasteiger partial charge in [-0.2, -0.15) is 18.3 Å². The third-order valence-electron chi connectivity index (χ3n) is 6.58. The van der Waals surface area contributed by atoms with Crippen LogP contribution in [0, 0.1) is 13.5 Å². The van der Waals surface area contributed by atoms with Crippen LogP contribution < -0.4 is 11.0 Å². The molecule has 39 heavy (non-hydrogen) atoms. The van der Waals surface area contributed by atoms with Crippen LogP contribution >= 0.6 is 0 Å². The number of halogens is 3. The van der Waals surface area contributed by atoms with E-state index in [1.807, 2.05) is 0 Å². The van der Waals surface area contributed by atoms with Crippen LogP contribution in [0.1, 0.15) is 24.1 Å². The molecular weight excluding hydrogens is 513 g/mol. The molecule has 0 radical (unpaired) electrons. The summed E-state index contributed by atoms with van der Waals surface area (Å²) < 4.78 is 49.3. The van der Waals surface area contributed by atoms with E-state index < -0.39 is 23.5 Å². The zero-order valence-electron chi connectivity index (χ0n) is 20.8. The number of imidazole rings is 1. The number of carbonyl (C=O) groups is 1. The highest BCUT2D eigenvalue weighted by Gasteiger charge is 2.32. The lowest BCUT2D eigenvalue weighted by atomic mass is 10.1. The molecule has 0 atom stereocenters. The molecule has 0 bridgehead atoms. The van der Waals surface area contributed by atoms with Crippen molar-refractivity contribution < 1.29 is 22.7 Å². The number of rotatable bonds is 4. The van der Waals surface area contributed by atoms with Crippen LogP contribution in [0.15, 0.2) is 65.6 Å². The summed E-state index contributed by atoms with van der Waals surface area (Å²) in [5.41, 5.74) is 0.0191. The summed E-state index contributed by atoms with van der Waals surface area (Å²) >= 11 is 0. The van der Waals surface area contributed by atoms with Gasteiger partial charge in [0.05, 0.1) is 41.1 Å². The zero-order chi connectivity index (χ0) is 27.7. The van der Waals surface area contributed by atoms with Gasteiger partial charge in [0.2, 0.25) is 0 Å². The topological polar surface area (TPSA) is 87.4 Å². The second-order valence-electron chi connectivity index (χ2n) is 9.03. The number of hydrogen-bond acceptors (Lipinski definition) is 4. The Hall–Kier alpha value is -4.63. The van der Waals surface area contributed by atoms with Gasteiger partial charge in [-0.3, -0.25) is 4.57 Å². The van der Waals surface area contributed by atoms with Crippen LogP contribution in [0.2, 0.25) is 0 Å². The minimum absolute atomic E-state index is 0.0290. The van der Waals surface area contributed by atoms with Crippen LogP contribution in [0.5, 0.6) is 0 Å². The van der Waals surface area contributed by atoms with E-state index in [0.717, 1.165) is 21.3 Å². The van der Waals surface area contributed by atoms with Gasteiger partial charge in [-0.25, -0.2) is 23.7 Å². The van der Waals surface area contributed by atoms with Crippen LogP contribution in [0.4, 0.5) is 23.7 Å². The molecule has 4 aromatic rings. The Bertz CT molecular complexity index is 1620. The van der Waals surface area contributed by atoms with Crippen molar-refractivity contribution in [1.29, 1.82) is 0 Å². The molecule has 1 saturated heterocycles. The number of aromatic nitrogens is 4. The third kappa shape index (κ3) is 4.96. The molecule has 0 saturated carbocycles. The summed E-state index contributed by atoms with van der Waals surface area (Å²) in [5, 5.41) is 7.22. The normalized spacial score (nSPS) is 14.2. The number of carbonyl (C=O) groups excluding carboxylic acids is 1. The fraction of sp³-hybridized carbons (Fsp3) is 0.259. The maximum atomic E-state index is 13.8. The molecule has 5 rings (SSSR count). The number of hydrogen-bond donors (Lipinski definition) is 1. The molecule has 1 aliphatic rings. The Morgan fingerprint density at radius 2 is 1.82 bits per heavy atom. The highest BCUT2D eigenvalue weighted by molar-refractivity contribution is 5.83. The summed E-state index contributed by atoms with van der Waals surface area (Å²) in [6, 6.07) is 11.6. The van der Waals surface area contributed by atoms with Crippen LogP contribution in [-0.4, -0.2) is 44.2 Å². The Labute approximate surface area is 220 Å². The van der Waals surface area contributed by atoms with Gasteiger partial charge < -0.3 is 10.1 Å². The van der Waals surface area contributed by atoms with E-state index >= 15 is 0 Å². The van der Waals surface area contributed by atoms with Crippen LogP contribution in [0.3, 0.4) is 0 Å². The van der Waals surface area contributed by atoms with Crippen molar-refractivity contribution in [1.82, 2.24) is 24.2 Å². The molecule has 9 nitrogen and oxygen atoms in total. The Morgan fingerprint density at radius 1 is 1.10 bits per heavy atom. The molecule has 2 aromatic heterocycles. The fourth-order valence-corrected chi connectivity index (χ4v) is 4.66. The average Bonchev–Trinajstić information content (AvgIpc) is 3.50. The van der Waals surface area contributed by atoms with Crippen molar-refractivity contribution in [3.8, 4) is 22.8 Å². The smallest absolute Gasteiger partial charge is 0.381 e. The van der Waals surface area contributed by atoms with Gasteiger partial charge in [0.25, 0.3) is 0 Å². The number of ether oxygens (including phenoxy) is 1. The molecule has 1 amide bonds. The van der Waals surface area contributed by atoms with Crippen molar-refractivity contribution in [2.24, 2.45) is 0 Å². The maximum Gasteiger partial charge on any atom is 0.416 e. The molecule has 0 spiro atoms. The van der Waals surface area contributed by atoms with Crippen molar-refractivity contribution in [2.45, 2.75) is 32.0 Å². The zero-order valence-corrected chi connectivity index (χ0v) is 20.8. The molecule has 2 aromatic carbocycles. The van der Waals surface area contributed by atoms with Gasteiger partial charge in [-0.15, -0.1) is 0 Å². The second kappa shape index (κ2) is 10.3. The second-order valence-corrected chi connectivity index (χ2v) is 9.03. The summed E-state index contributed by atoms with van der Waals surface area (Å²) in [6.07, 6.45) is -2.00. The monoisotopic (exact) mass is 536 g/mol. The third-order valence-corrected chi connectivity index (χ3v) is 6.58. The SMILES string of the molecule is [C-]#[N+]c1ccc(-n2nccc2-c2c(C)n(-c3cccc(C(F)(F)F)c3)c(=O)n2C(=O)NC2CCOCC2)cc1. The first-order valence-corrected chi connectivity index (χ1v) is 12.1. The van der Waals surface area contributed by atoms with Gasteiger partial charge in [-0.05, 0) is 56.2 Å². The summed E-state index contributed by atoms with van der Waals surface area (Å²) in [7, 11) is 0. The standard InChI is InChI=1S/C27H23F3N6O3/c1-17-24(23-10-13-32-36(23)21-8-6-19(31-2)7-9-21)35(25(37)33-20-11-14-39-15-12-20)26(38)34(17)22-5-3-4-18(16-22)27(28,29)30/h3-10,13,16,20H,11-12,14-15H2,1H3,(H,33,37). The minimum Gasteiger partial charge on any atom is -0.381 e. The van der Waals surface area contributed by atoms with Gasteiger partial charge >= 0.3 is 17.9 Å². The fourth-order valence-electron chi connectivity index (χ4n) is 4.66. The van der Waals surface area contributed by atoms with E-state index in [-0.39, 0.29) is 23.1 Å². The van der Waals surface area contributed by atoms with Crippen LogP contribution in [0.25, 0.3) is 27.6 Å². The molecule has 200 valence electrons. The van der Waals surface area contributed by atoms with Gasteiger partial charge in [0.15, 0.2) is 5.69 Å². The van der Waals surface area contributed by atoms with E-state index in [0.29, 0.717) is 43.1 Å². The first kappa shape index (κ1) is 26.0. The van der Waals surface area contributed by atoms with Gasteiger partial charge in [0, 0.05) is 19.3 Å². The highest BCUT2D eigenvalue weighted by Crippen LogP contribution is 2.32. The Balaban J connectivity index is 1.69. The predicted molar refractivity (Wildman–Crippen MR) is 136 cm³/mol. The molecule has 0 aliphatic carbocycles. The molecule has 1 fully saturated rings. The minimum atomic E-state index is -4.62. The van der Waals surface area contributed by atoms with Crippen LogP contribution in [-0.2, 0) is 10.9 Å². The van der Waals surface area contributed by atoms with Crippen molar-refractivity contribution >= 4 is 11.7 Å². The highest BCUT2D eigenvalue weighted by atomic mass is 19.4. The van der Waals surface area contributed by atoms with Crippen molar-refractivity contribution in [2.75, 3.05) is 13.2 Å². The van der Waals surface area contributed by atoms with E-state index in [2.05, 4.69) is 15.3 Å². The Kier molecular flexibility index (Phi) is 6.84. The number of amides is 1. The molecule has 1 N–H and O–H groups in total. The summed E-state index contributed by atoms with van der Waals surface area (Å²) in [6.45, 7) is 9.66. The molecule has 12 heteroatoms. The molecule has 3 heterocycles. The quantitative estimate of drug-likeness (QED) is 0.368. The first-order valence-electron chi connectivity index (χ1n) is 12.1. The van der Waals surface area contributed by atoms with E-state index in [4.69, 9.17) is 11.3 Å². The molecule has 0 unspecified atom stereocenters. The van der Waals surface area contributed by atoms with Gasteiger partial charge in [-0.1, -0.05) is 18.2 Å². The van der Waals surface area contributed by atoms with Gasteiger partial charge in [0.1, 0.15) is 5.69 Å². The number of nitrogens with one attached hydrogen (secondary N) is 1. The van der Waals surface area contributed by atoms with E-state index in [1.54, 1.807) is 37.3 Å². The first-order chi connectivity index (χ1) is 18.7. The lowest BCUT2D eigenvalue weighted by Crippen LogP contribution is -2.44.